The van der Waals surface area contributed by atoms with Gasteiger partial charge in [-0.15, -0.1) is 0 Å². The van der Waals surface area contributed by atoms with Gasteiger partial charge in [0.15, 0.2) is 0 Å². The molecule has 0 aliphatic carbocycles. The fourth-order valence-corrected chi connectivity index (χ4v) is 4.00. The summed E-state index contributed by atoms with van der Waals surface area (Å²) in [6.07, 6.45) is 5.40. The normalized spacial score (nSPS) is 41.1. The molecule has 4 heteroatoms. The number of likely N-dealkylation sites (N-methyl/N-ethyl adjacent to an activating group) is 2. The van der Waals surface area contributed by atoms with Crippen LogP contribution in [0.15, 0.2) is 0 Å². The van der Waals surface area contributed by atoms with Crippen molar-refractivity contribution < 1.29 is 4.74 Å². The molecule has 112 valence electrons. The second-order valence-electron chi connectivity index (χ2n) is 6.75. The molecule has 2 rings (SSSR count). The molecule has 0 aromatic carbocycles. The van der Waals surface area contributed by atoms with E-state index in [2.05, 4.69) is 37.7 Å². The average Bonchev–Trinajstić information content (AvgIpc) is 2.73. The minimum atomic E-state index is 0.126. The smallest absolute Gasteiger partial charge is 0.0568 e. The minimum absolute atomic E-state index is 0.126. The summed E-state index contributed by atoms with van der Waals surface area (Å²) in [5, 5.41) is 0. The minimum Gasteiger partial charge on any atom is -0.375 e. The summed E-state index contributed by atoms with van der Waals surface area (Å²) in [7, 11) is 4.50. The van der Waals surface area contributed by atoms with E-state index in [1.165, 1.54) is 19.4 Å². The Balaban J connectivity index is 2.02. The van der Waals surface area contributed by atoms with Gasteiger partial charge >= 0.3 is 0 Å². The molecule has 2 heterocycles. The number of hydrogen-bond acceptors (Lipinski definition) is 4. The molecule has 0 spiro atoms. The number of hydrogen-bond donors (Lipinski definition) is 1. The quantitative estimate of drug-likeness (QED) is 0.835. The maximum Gasteiger partial charge on any atom is 0.0568 e. The van der Waals surface area contributed by atoms with Crippen LogP contribution in [0.2, 0.25) is 0 Å². The van der Waals surface area contributed by atoms with Crippen LogP contribution in [0.3, 0.4) is 0 Å². The molecule has 2 fully saturated rings. The van der Waals surface area contributed by atoms with E-state index >= 15 is 0 Å². The monoisotopic (exact) mass is 269 g/mol. The maximum atomic E-state index is 6.16. The standard InChI is InChI=1S/C15H31N3O/c1-12-8-15(11-16,9-13(2)19-12)18(4)10-14-6-5-7-17(14)3/h12-14H,5-11,16H2,1-4H3. The third kappa shape index (κ3) is 3.30. The van der Waals surface area contributed by atoms with Gasteiger partial charge in [0, 0.05) is 24.7 Å². The SMILES string of the molecule is CC1CC(CN)(N(C)CC2CCCN2C)CC(C)O1. The van der Waals surface area contributed by atoms with E-state index in [0.717, 1.165) is 25.9 Å². The molecule has 0 bridgehead atoms. The van der Waals surface area contributed by atoms with Gasteiger partial charge in [0.05, 0.1) is 12.2 Å². The molecule has 0 aromatic heterocycles. The van der Waals surface area contributed by atoms with Crippen molar-refractivity contribution in [1.29, 1.82) is 0 Å². The Labute approximate surface area is 118 Å². The van der Waals surface area contributed by atoms with Gasteiger partial charge in [0.2, 0.25) is 0 Å². The lowest BCUT2D eigenvalue weighted by molar-refractivity contribution is -0.0999. The molecule has 2 aliphatic rings. The van der Waals surface area contributed by atoms with Crippen LogP contribution < -0.4 is 5.73 Å². The van der Waals surface area contributed by atoms with E-state index in [1.54, 1.807) is 0 Å². The van der Waals surface area contributed by atoms with Gasteiger partial charge in [-0.2, -0.15) is 0 Å². The molecular formula is C15H31N3O. The first-order valence-corrected chi connectivity index (χ1v) is 7.74. The fourth-order valence-electron chi connectivity index (χ4n) is 4.00. The van der Waals surface area contributed by atoms with E-state index in [-0.39, 0.29) is 5.54 Å². The summed E-state index contributed by atoms with van der Waals surface area (Å²) in [5.74, 6) is 0. The van der Waals surface area contributed by atoms with E-state index in [4.69, 9.17) is 10.5 Å². The molecule has 0 aromatic rings. The third-order valence-corrected chi connectivity index (χ3v) is 5.15. The molecule has 2 N–H and O–H groups in total. The first-order valence-electron chi connectivity index (χ1n) is 7.74. The molecule has 0 amide bonds. The molecule has 3 unspecified atom stereocenters. The van der Waals surface area contributed by atoms with Gasteiger partial charge in [-0.25, -0.2) is 0 Å². The third-order valence-electron chi connectivity index (χ3n) is 5.15. The molecule has 2 saturated heterocycles. The number of nitrogens with zero attached hydrogens (tertiary/aromatic N) is 2. The highest BCUT2D eigenvalue weighted by Crippen LogP contribution is 2.33. The van der Waals surface area contributed by atoms with Crippen molar-refractivity contribution >= 4 is 0 Å². The summed E-state index contributed by atoms with van der Waals surface area (Å²) in [6, 6.07) is 0.696. The fraction of sp³-hybridized carbons (Fsp3) is 1.00. The number of rotatable bonds is 4. The largest absolute Gasteiger partial charge is 0.375 e. The van der Waals surface area contributed by atoms with Crippen molar-refractivity contribution in [3.05, 3.63) is 0 Å². The van der Waals surface area contributed by atoms with Gasteiger partial charge in [0.25, 0.3) is 0 Å². The highest BCUT2D eigenvalue weighted by atomic mass is 16.5. The Morgan fingerprint density at radius 1 is 1.32 bits per heavy atom. The van der Waals surface area contributed by atoms with Crippen LogP contribution in [0.1, 0.15) is 39.5 Å². The first-order chi connectivity index (χ1) is 8.97. The zero-order valence-electron chi connectivity index (χ0n) is 13.1. The van der Waals surface area contributed by atoms with Crippen LogP contribution in [0.4, 0.5) is 0 Å². The van der Waals surface area contributed by atoms with Gasteiger partial charge in [-0.3, -0.25) is 4.90 Å². The summed E-state index contributed by atoms with van der Waals surface area (Å²) < 4.78 is 5.89. The van der Waals surface area contributed by atoms with Crippen molar-refractivity contribution in [2.24, 2.45) is 5.73 Å². The zero-order valence-corrected chi connectivity index (χ0v) is 13.1. The Morgan fingerprint density at radius 2 is 1.95 bits per heavy atom. The average molecular weight is 269 g/mol. The topological polar surface area (TPSA) is 41.7 Å². The Morgan fingerprint density at radius 3 is 2.42 bits per heavy atom. The van der Waals surface area contributed by atoms with E-state index in [1.807, 2.05) is 0 Å². The van der Waals surface area contributed by atoms with Crippen LogP contribution in [-0.2, 0) is 4.74 Å². The molecular weight excluding hydrogens is 238 g/mol. The predicted molar refractivity (Wildman–Crippen MR) is 79.3 cm³/mol. The Kier molecular flexibility index (Phi) is 4.88. The van der Waals surface area contributed by atoms with Crippen LogP contribution >= 0.6 is 0 Å². The molecule has 19 heavy (non-hydrogen) atoms. The summed E-state index contributed by atoms with van der Waals surface area (Å²) in [5.41, 5.74) is 6.29. The summed E-state index contributed by atoms with van der Waals surface area (Å²) >= 11 is 0. The predicted octanol–water partition coefficient (Wildman–Crippen LogP) is 1.30. The van der Waals surface area contributed by atoms with Crippen molar-refractivity contribution in [3.63, 3.8) is 0 Å². The van der Waals surface area contributed by atoms with Crippen LogP contribution in [0, 0.1) is 0 Å². The van der Waals surface area contributed by atoms with E-state index < -0.39 is 0 Å². The summed E-state index contributed by atoms with van der Waals surface area (Å²) in [6.45, 7) is 7.46. The highest BCUT2D eigenvalue weighted by Gasteiger charge is 2.41. The van der Waals surface area contributed by atoms with Gasteiger partial charge in [-0.1, -0.05) is 0 Å². The Bertz CT molecular complexity index is 287. The molecule has 0 radical (unpaired) electrons. The highest BCUT2D eigenvalue weighted by molar-refractivity contribution is 4.98. The van der Waals surface area contributed by atoms with Gasteiger partial charge in [-0.05, 0) is 60.2 Å². The van der Waals surface area contributed by atoms with Crippen LogP contribution in [0.25, 0.3) is 0 Å². The second kappa shape index (κ2) is 6.08. The lowest BCUT2D eigenvalue weighted by atomic mass is 9.82. The Hall–Kier alpha value is -0.160. The van der Waals surface area contributed by atoms with Gasteiger partial charge < -0.3 is 15.4 Å². The van der Waals surface area contributed by atoms with Crippen molar-refractivity contribution in [2.75, 3.05) is 33.7 Å². The number of nitrogens with two attached hydrogens (primary N) is 1. The number of likely N-dealkylation sites (tertiary alicyclic amines) is 1. The maximum absolute atomic E-state index is 6.16. The van der Waals surface area contributed by atoms with Crippen molar-refractivity contribution in [2.45, 2.75) is 63.3 Å². The molecule has 2 aliphatic heterocycles. The molecule has 0 saturated carbocycles. The lowest BCUT2D eigenvalue weighted by Crippen LogP contribution is -2.60. The molecule has 4 nitrogen and oxygen atoms in total. The number of ether oxygens (including phenoxy) is 1. The van der Waals surface area contributed by atoms with Gasteiger partial charge in [0.1, 0.15) is 0 Å². The summed E-state index contributed by atoms with van der Waals surface area (Å²) in [4.78, 5) is 5.02. The zero-order chi connectivity index (χ0) is 14.0. The first kappa shape index (κ1) is 15.2. The van der Waals surface area contributed by atoms with E-state index in [9.17, 15) is 0 Å². The van der Waals surface area contributed by atoms with Crippen LogP contribution in [0.5, 0.6) is 0 Å². The van der Waals surface area contributed by atoms with Crippen molar-refractivity contribution in [1.82, 2.24) is 9.80 Å². The van der Waals surface area contributed by atoms with E-state index in [0.29, 0.717) is 18.2 Å². The van der Waals surface area contributed by atoms with Crippen LogP contribution in [-0.4, -0.2) is 67.3 Å². The second-order valence-corrected chi connectivity index (χ2v) is 6.75. The lowest BCUT2D eigenvalue weighted by Gasteiger charge is -2.49. The molecule has 3 atom stereocenters. The van der Waals surface area contributed by atoms with Crippen molar-refractivity contribution in [3.8, 4) is 0 Å².